The molecule has 9 nitrogen and oxygen atoms in total. The molecule has 2 aromatic rings. The number of nitrogens with zero attached hydrogens (tertiary/aromatic N) is 1. The van der Waals surface area contributed by atoms with E-state index in [-0.39, 0.29) is 18.1 Å². The van der Waals surface area contributed by atoms with Crippen LogP contribution in [-0.4, -0.2) is 99.4 Å². The Kier molecular flexibility index (Phi) is 13.5. The number of methoxy groups -OCH3 is 3. The molecule has 0 amide bonds. The summed E-state index contributed by atoms with van der Waals surface area (Å²) >= 11 is 0. The first-order valence-corrected chi connectivity index (χ1v) is 14.9. The van der Waals surface area contributed by atoms with E-state index in [1.807, 2.05) is 12.1 Å². The Hall–Kier alpha value is -2.40. The Morgan fingerprint density at radius 2 is 1.51 bits per heavy atom. The molecule has 1 unspecified atom stereocenters. The molecule has 1 fully saturated rings. The number of anilines is 1. The van der Waals surface area contributed by atoms with Crippen LogP contribution >= 0.6 is 0 Å². The third-order valence-corrected chi connectivity index (χ3v) is 7.57. The summed E-state index contributed by atoms with van der Waals surface area (Å²) in [5.41, 5.74) is 3.46. The van der Waals surface area contributed by atoms with Gasteiger partial charge in [0.05, 0.1) is 37.7 Å². The van der Waals surface area contributed by atoms with Crippen LogP contribution in [-0.2, 0) is 30.3 Å². The van der Waals surface area contributed by atoms with Crippen molar-refractivity contribution in [3.05, 3.63) is 53.6 Å². The minimum Gasteiger partial charge on any atom is -0.494 e. The fourth-order valence-corrected chi connectivity index (χ4v) is 5.48. The molecule has 0 aliphatic carbocycles. The average Bonchev–Trinajstić information content (AvgIpc) is 3.01. The van der Waals surface area contributed by atoms with Crippen LogP contribution in [0.25, 0.3) is 0 Å². The normalized spacial score (nSPS) is 20.5. The van der Waals surface area contributed by atoms with Gasteiger partial charge >= 0.3 is 0 Å². The van der Waals surface area contributed by atoms with E-state index in [4.69, 9.17) is 33.2 Å². The molecule has 1 N–H and O–H groups in total. The second-order valence-corrected chi connectivity index (χ2v) is 10.5. The van der Waals surface area contributed by atoms with E-state index in [0.717, 1.165) is 74.8 Å². The Bertz CT molecular complexity index is 1010. The van der Waals surface area contributed by atoms with E-state index in [2.05, 4.69) is 40.5 Å². The Morgan fingerprint density at radius 1 is 0.805 bits per heavy atom. The standard InChI is InChI=1S/C32H48N2O7/c1-35-15-4-13-34-14-20-40-29-12-7-25(21-28(29)34)24-41-31-23-33-22-30(39-19-6-17-37-3)32(31)26-8-10-27(11-9-26)38-18-5-16-36-2/h7-12,21,30-33H,4-6,13-20,22-24H2,1-3H3/t30-,31+,32?/m1/s1. The van der Waals surface area contributed by atoms with Crippen molar-refractivity contribution in [3.63, 3.8) is 0 Å². The van der Waals surface area contributed by atoms with Gasteiger partial charge in [-0.25, -0.2) is 0 Å². The predicted octanol–water partition coefficient (Wildman–Crippen LogP) is 4.03. The number of hydrogen-bond donors (Lipinski definition) is 1. The summed E-state index contributed by atoms with van der Waals surface area (Å²) in [6, 6.07) is 14.8. The highest BCUT2D eigenvalue weighted by molar-refractivity contribution is 5.61. The zero-order valence-corrected chi connectivity index (χ0v) is 25.0. The number of rotatable bonds is 18. The Balaban J connectivity index is 1.44. The van der Waals surface area contributed by atoms with Crippen LogP contribution in [0, 0.1) is 0 Å². The van der Waals surface area contributed by atoms with E-state index >= 15 is 0 Å². The molecule has 3 atom stereocenters. The fourth-order valence-electron chi connectivity index (χ4n) is 5.48. The van der Waals surface area contributed by atoms with Gasteiger partial charge in [0.1, 0.15) is 18.1 Å². The maximum Gasteiger partial charge on any atom is 0.142 e. The topological polar surface area (TPSA) is 79.9 Å². The third kappa shape index (κ3) is 9.56. The molecule has 0 aromatic heterocycles. The first-order valence-electron chi connectivity index (χ1n) is 14.9. The highest BCUT2D eigenvalue weighted by atomic mass is 16.5. The van der Waals surface area contributed by atoms with Crippen LogP contribution < -0.4 is 19.7 Å². The van der Waals surface area contributed by atoms with E-state index in [1.54, 1.807) is 21.3 Å². The molecule has 0 bridgehead atoms. The zero-order valence-electron chi connectivity index (χ0n) is 25.0. The Morgan fingerprint density at radius 3 is 2.27 bits per heavy atom. The smallest absolute Gasteiger partial charge is 0.142 e. The molecule has 0 radical (unpaired) electrons. The van der Waals surface area contributed by atoms with Gasteiger partial charge in [0.15, 0.2) is 0 Å². The van der Waals surface area contributed by atoms with Crippen molar-refractivity contribution in [2.45, 2.75) is 44.0 Å². The molecule has 2 aliphatic heterocycles. The van der Waals surface area contributed by atoms with Crippen molar-refractivity contribution in [2.75, 3.05) is 92.0 Å². The number of benzene rings is 2. The summed E-state index contributed by atoms with van der Waals surface area (Å²) in [5, 5.41) is 3.54. The molecular formula is C32H48N2O7. The molecule has 2 heterocycles. The van der Waals surface area contributed by atoms with Crippen LogP contribution in [0.1, 0.15) is 36.3 Å². The maximum atomic E-state index is 6.65. The third-order valence-electron chi connectivity index (χ3n) is 7.57. The van der Waals surface area contributed by atoms with Crippen molar-refractivity contribution < 1.29 is 33.2 Å². The van der Waals surface area contributed by atoms with E-state index in [0.29, 0.717) is 39.6 Å². The molecule has 2 aromatic carbocycles. The van der Waals surface area contributed by atoms with Crippen molar-refractivity contribution >= 4 is 5.69 Å². The highest BCUT2D eigenvalue weighted by Gasteiger charge is 2.36. The lowest BCUT2D eigenvalue weighted by atomic mass is 9.85. The lowest BCUT2D eigenvalue weighted by Crippen LogP contribution is -2.50. The molecule has 0 spiro atoms. The van der Waals surface area contributed by atoms with Crippen LogP contribution in [0.4, 0.5) is 5.69 Å². The van der Waals surface area contributed by atoms with Crippen molar-refractivity contribution in [1.82, 2.24) is 5.32 Å². The summed E-state index contributed by atoms with van der Waals surface area (Å²) in [6.45, 7) is 7.98. The molecule has 0 saturated carbocycles. The fraction of sp³-hybridized carbons (Fsp3) is 0.625. The average molecular weight is 573 g/mol. The summed E-state index contributed by atoms with van der Waals surface area (Å²) < 4.78 is 40.5. The van der Waals surface area contributed by atoms with Crippen molar-refractivity contribution in [3.8, 4) is 11.5 Å². The minimum atomic E-state index is -0.0465. The molecular weight excluding hydrogens is 524 g/mol. The molecule has 41 heavy (non-hydrogen) atoms. The van der Waals surface area contributed by atoms with E-state index < -0.39 is 0 Å². The van der Waals surface area contributed by atoms with Crippen LogP contribution in [0.3, 0.4) is 0 Å². The van der Waals surface area contributed by atoms with Gasteiger partial charge in [-0.1, -0.05) is 18.2 Å². The van der Waals surface area contributed by atoms with Crippen LogP contribution in [0.15, 0.2) is 42.5 Å². The number of piperidine rings is 1. The van der Waals surface area contributed by atoms with E-state index in [1.165, 1.54) is 5.56 Å². The second kappa shape index (κ2) is 17.5. The maximum absolute atomic E-state index is 6.65. The van der Waals surface area contributed by atoms with Gasteiger partial charge in [-0.15, -0.1) is 0 Å². The van der Waals surface area contributed by atoms with Crippen molar-refractivity contribution in [1.29, 1.82) is 0 Å². The molecule has 9 heteroatoms. The number of fused-ring (bicyclic) bond motifs is 1. The molecule has 4 rings (SSSR count). The van der Waals surface area contributed by atoms with Gasteiger partial charge in [0.25, 0.3) is 0 Å². The summed E-state index contributed by atoms with van der Waals surface area (Å²) in [5.74, 6) is 1.89. The second-order valence-electron chi connectivity index (χ2n) is 10.5. The van der Waals surface area contributed by atoms with Gasteiger partial charge in [-0.3, -0.25) is 0 Å². The Labute approximate surface area is 245 Å². The van der Waals surface area contributed by atoms with Gasteiger partial charge in [-0.2, -0.15) is 0 Å². The highest BCUT2D eigenvalue weighted by Crippen LogP contribution is 2.35. The summed E-state index contributed by atoms with van der Waals surface area (Å²) in [7, 11) is 5.18. The first-order chi connectivity index (χ1) is 20.2. The van der Waals surface area contributed by atoms with Gasteiger partial charge in [-0.05, 0) is 48.2 Å². The van der Waals surface area contributed by atoms with Gasteiger partial charge in [0, 0.05) is 79.7 Å². The van der Waals surface area contributed by atoms with Crippen molar-refractivity contribution in [2.24, 2.45) is 0 Å². The summed E-state index contributed by atoms with van der Waals surface area (Å²) in [4.78, 5) is 2.38. The molecule has 1 saturated heterocycles. The number of nitrogens with one attached hydrogen (secondary N) is 1. The SMILES string of the molecule is COCCCOc1ccc(C2[C@@H](OCc3ccc4c(c3)N(CCCOC)CCO4)CNC[C@H]2OCCCOC)cc1. The zero-order chi connectivity index (χ0) is 28.7. The number of hydrogen-bond acceptors (Lipinski definition) is 9. The number of ether oxygens (including phenoxy) is 7. The predicted molar refractivity (Wildman–Crippen MR) is 159 cm³/mol. The van der Waals surface area contributed by atoms with Gasteiger partial charge < -0.3 is 43.4 Å². The summed E-state index contributed by atoms with van der Waals surface area (Å²) in [6.07, 6.45) is 2.65. The molecule has 228 valence electrons. The molecule has 2 aliphatic rings. The lowest BCUT2D eigenvalue weighted by Gasteiger charge is -2.39. The van der Waals surface area contributed by atoms with Crippen LogP contribution in [0.2, 0.25) is 0 Å². The quantitative estimate of drug-likeness (QED) is 0.266. The monoisotopic (exact) mass is 572 g/mol. The lowest BCUT2D eigenvalue weighted by molar-refractivity contribution is -0.0622. The minimum absolute atomic E-state index is 0.00714. The largest absolute Gasteiger partial charge is 0.494 e. The van der Waals surface area contributed by atoms with E-state index in [9.17, 15) is 0 Å². The van der Waals surface area contributed by atoms with Gasteiger partial charge in [0.2, 0.25) is 0 Å². The first kappa shape index (κ1) is 31.5. The van der Waals surface area contributed by atoms with Crippen LogP contribution in [0.5, 0.6) is 11.5 Å².